The van der Waals surface area contributed by atoms with E-state index in [9.17, 15) is 21.6 Å². The van der Waals surface area contributed by atoms with E-state index in [4.69, 9.17) is 33.0 Å². The van der Waals surface area contributed by atoms with Crippen LogP contribution in [0.3, 0.4) is 0 Å². The molecule has 3 N–H and O–H groups in total. The summed E-state index contributed by atoms with van der Waals surface area (Å²) in [5.41, 5.74) is 0.144. The van der Waals surface area contributed by atoms with Crippen LogP contribution in [0.5, 0.6) is 0 Å². The quantitative estimate of drug-likeness (QED) is 0.428. The number of rotatable bonds is 4. The summed E-state index contributed by atoms with van der Waals surface area (Å²) in [4.78, 5) is 0.979. The lowest BCUT2D eigenvalue weighted by Gasteiger charge is -2.29. The molecule has 1 aromatic heterocycles. The average molecular weight is 505 g/mol. The van der Waals surface area contributed by atoms with Gasteiger partial charge in [0.15, 0.2) is 0 Å². The highest BCUT2D eigenvalue weighted by Crippen LogP contribution is 2.38. The Labute approximate surface area is 190 Å². The lowest BCUT2D eigenvalue weighted by atomic mass is 10.2. The third-order valence-corrected chi connectivity index (χ3v) is 6.92. The fraction of sp³-hybridized carbons (Fsp3) is 0.105. The second kappa shape index (κ2) is 7.91. The molecule has 0 unspecified atom stereocenters. The van der Waals surface area contributed by atoms with Gasteiger partial charge in [-0.2, -0.15) is 13.2 Å². The molecule has 0 saturated carbocycles. The molecule has 0 radical (unpaired) electrons. The number of hydrogen-bond donors (Lipinski definition) is 3. The Hall–Kier alpha value is -2.89. The third-order valence-electron chi connectivity index (χ3n) is 4.61. The highest BCUT2D eigenvalue weighted by Gasteiger charge is 2.34. The van der Waals surface area contributed by atoms with Crippen LogP contribution in [0.2, 0.25) is 10.0 Å². The molecular formula is C19H13Cl2F3N4O3S. The van der Waals surface area contributed by atoms with Crippen molar-refractivity contribution in [2.24, 2.45) is 0 Å². The molecule has 0 aliphatic carbocycles. The van der Waals surface area contributed by atoms with Gasteiger partial charge < -0.3 is 14.6 Å². The fourth-order valence-electron chi connectivity index (χ4n) is 3.12. The third kappa shape index (κ3) is 4.10. The van der Waals surface area contributed by atoms with Crippen LogP contribution in [0, 0.1) is 5.41 Å². The van der Waals surface area contributed by atoms with Gasteiger partial charge in [-0.3, -0.25) is 10.1 Å². The number of sulfonamides is 1. The second-order valence-corrected chi connectivity index (χ2v) is 9.13. The smallest absolute Gasteiger partial charge is 0.416 e. The predicted octanol–water partition coefficient (Wildman–Crippen LogP) is 5.62. The summed E-state index contributed by atoms with van der Waals surface area (Å²) < 4.78 is 71.6. The van der Waals surface area contributed by atoms with Crippen LogP contribution < -0.4 is 14.9 Å². The van der Waals surface area contributed by atoms with Crippen molar-refractivity contribution in [3.8, 4) is 0 Å². The van der Waals surface area contributed by atoms with Crippen LogP contribution in [-0.2, 0) is 16.2 Å². The first kappa shape index (κ1) is 22.3. The fourth-order valence-corrected chi connectivity index (χ4v) is 5.40. The van der Waals surface area contributed by atoms with Crippen molar-refractivity contribution < 1.29 is 26.0 Å². The highest BCUT2D eigenvalue weighted by atomic mass is 35.5. The number of benzene rings is 2. The molecule has 32 heavy (non-hydrogen) atoms. The molecule has 0 spiro atoms. The van der Waals surface area contributed by atoms with Crippen molar-refractivity contribution in [3.05, 3.63) is 69.9 Å². The first-order chi connectivity index (χ1) is 15.0. The van der Waals surface area contributed by atoms with Gasteiger partial charge in [0.1, 0.15) is 10.7 Å². The van der Waals surface area contributed by atoms with E-state index in [0.717, 1.165) is 0 Å². The Kier molecular flexibility index (Phi) is 5.51. The van der Waals surface area contributed by atoms with Crippen LogP contribution >= 0.6 is 23.2 Å². The lowest BCUT2D eigenvalue weighted by molar-refractivity contribution is -0.137. The van der Waals surface area contributed by atoms with Crippen LogP contribution in [0.1, 0.15) is 11.1 Å². The number of nitrogens with zero attached hydrogens (tertiary/aromatic N) is 1. The van der Waals surface area contributed by atoms with Crippen LogP contribution in [0.15, 0.2) is 58.0 Å². The van der Waals surface area contributed by atoms with Gasteiger partial charge in [-0.05, 0) is 42.5 Å². The summed E-state index contributed by atoms with van der Waals surface area (Å²) >= 11 is 11.6. The molecule has 0 fully saturated rings. The minimum absolute atomic E-state index is 0.126. The van der Waals surface area contributed by atoms with Crippen molar-refractivity contribution >= 4 is 56.3 Å². The summed E-state index contributed by atoms with van der Waals surface area (Å²) in [6, 6.07) is 8.70. The topological polar surface area (TPSA) is 98.4 Å². The molecule has 2 heterocycles. The molecule has 13 heteroatoms. The standard InChI is InChI=1S/C19H13Cl2F3N4O3S/c20-14-7-10(19(22,23)24)8-15(21)16(14)32(29,30)27-11-1-3-12(4-2-11)28-9-26-18-13(17(28)25)5-6-31-18/h1-8,25-27H,9H2. The number of alkyl halides is 3. The van der Waals surface area contributed by atoms with Crippen LogP contribution in [0.25, 0.3) is 0 Å². The number of halogens is 5. The summed E-state index contributed by atoms with van der Waals surface area (Å²) in [6.07, 6.45) is -3.27. The van der Waals surface area contributed by atoms with Crippen molar-refractivity contribution in [1.82, 2.24) is 0 Å². The number of anilines is 3. The van der Waals surface area contributed by atoms with Crippen molar-refractivity contribution in [3.63, 3.8) is 0 Å². The zero-order valence-corrected chi connectivity index (χ0v) is 18.1. The van der Waals surface area contributed by atoms with Gasteiger partial charge in [-0.15, -0.1) is 0 Å². The summed E-state index contributed by atoms with van der Waals surface area (Å²) in [5.74, 6) is 0.685. The van der Waals surface area contributed by atoms with Crippen molar-refractivity contribution in [2.75, 3.05) is 21.6 Å². The molecule has 1 aliphatic rings. The number of hydrogen-bond acceptors (Lipinski definition) is 5. The van der Waals surface area contributed by atoms with E-state index in [1.54, 1.807) is 23.1 Å². The molecule has 0 atom stereocenters. The van der Waals surface area contributed by atoms with Crippen molar-refractivity contribution in [1.29, 1.82) is 5.41 Å². The van der Waals surface area contributed by atoms with Gasteiger partial charge in [0.2, 0.25) is 5.88 Å². The molecule has 7 nitrogen and oxygen atoms in total. The number of furan rings is 1. The van der Waals surface area contributed by atoms with Gasteiger partial charge >= 0.3 is 6.18 Å². The zero-order valence-electron chi connectivity index (χ0n) is 15.8. The molecule has 4 rings (SSSR count). The molecule has 2 aromatic carbocycles. The molecule has 3 aromatic rings. The largest absolute Gasteiger partial charge is 0.448 e. The second-order valence-electron chi connectivity index (χ2n) is 6.69. The van der Waals surface area contributed by atoms with E-state index in [1.165, 1.54) is 18.4 Å². The Bertz CT molecular complexity index is 1290. The van der Waals surface area contributed by atoms with Gasteiger partial charge in [0.05, 0.1) is 34.1 Å². The molecular weight excluding hydrogens is 492 g/mol. The summed E-state index contributed by atoms with van der Waals surface area (Å²) in [6.45, 7) is 0.265. The van der Waals surface area contributed by atoms with E-state index in [-0.39, 0.29) is 18.2 Å². The normalized spacial score (nSPS) is 14.2. The van der Waals surface area contributed by atoms with Gasteiger partial charge in [-0.1, -0.05) is 23.2 Å². The SMILES string of the molecule is N=C1c2ccoc2NCN1c1ccc(NS(=O)(=O)c2c(Cl)cc(C(F)(F)F)cc2Cl)cc1. The molecule has 0 saturated heterocycles. The van der Waals surface area contributed by atoms with E-state index in [1.807, 2.05) is 0 Å². The summed E-state index contributed by atoms with van der Waals surface area (Å²) in [7, 11) is -4.38. The number of amidine groups is 1. The Morgan fingerprint density at radius 3 is 2.31 bits per heavy atom. The Balaban J connectivity index is 1.57. The number of fused-ring (bicyclic) bond motifs is 1. The lowest BCUT2D eigenvalue weighted by Crippen LogP contribution is -2.39. The maximum atomic E-state index is 12.9. The molecule has 168 valence electrons. The monoisotopic (exact) mass is 504 g/mol. The van der Waals surface area contributed by atoms with Gasteiger partial charge in [-0.25, -0.2) is 8.42 Å². The zero-order chi connectivity index (χ0) is 23.3. The summed E-state index contributed by atoms with van der Waals surface area (Å²) in [5, 5.41) is 10.0. The van der Waals surface area contributed by atoms with E-state index < -0.39 is 36.7 Å². The maximum Gasteiger partial charge on any atom is 0.416 e. The first-order valence-corrected chi connectivity index (χ1v) is 11.1. The first-order valence-electron chi connectivity index (χ1n) is 8.84. The van der Waals surface area contributed by atoms with Gasteiger partial charge in [0, 0.05) is 11.4 Å². The van der Waals surface area contributed by atoms with Crippen LogP contribution in [-0.4, -0.2) is 20.9 Å². The predicted molar refractivity (Wildman–Crippen MR) is 115 cm³/mol. The average Bonchev–Trinajstić information content (AvgIpc) is 3.17. The van der Waals surface area contributed by atoms with Crippen LogP contribution in [0.4, 0.5) is 30.4 Å². The van der Waals surface area contributed by atoms with E-state index in [2.05, 4.69) is 10.0 Å². The number of nitrogens with one attached hydrogen (secondary N) is 3. The molecule has 0 bridgehead atoms. The van der Waals surface area contributed by atoms with E-state index >= 15 is 0 Å². The van der Waals surface area contributed by atoms with Gasteiger partial charge in [0.25, 0.3) is 10.0 Å². The maximum absolute atomic E-state index is 12.9. The molecule has 0 amide bonds. The van der Waals surface area contributed by atoms with Crippen molar-refractivity contribution in [2.45, 2.75) is 11.1 Å². The minimum Gasteiger partial charge on any atom is -0.448 e. The molecule has 1 aliphatic heterocycles. The van der Waals surface area contributed by atoms with E-state index in [0.29, 0.717) is 29.3 Å². The minimum atomic E-state index is -4.73. The Morgan fingerprint density at radius 1 is 1.09 bits per heavy atom. The highest BCUT2D eigenvalue weighted by molar-refractivity contribution is 7.93. The Morgan fingerprint density at radius 2 is 1.72 bits per heavy atom.